The van der Waals surface area contributed by atoms with Crippen LogP contribution in [-0.2, 0) is 24.2 Å². The number of ether oxygens (including phenoxy) is 1. The van der Waals surface area contributed by atoms with E-state index in [0.29, 0.717) is 6.54 Å². The monoisotopic (exact) mass is 292 g/mol. The number of guanidine groups is 1. The highest BCUT2D eigenvalue weighted by Gasteiger charge is 2.29. The van der Waals surface area contributed by atoms with Crippen LogP contribution in [0.5, 0.6) is 0 Å². The number of aliphatic imine (C=N–C) groups is 1. The first-order chi connectivity index (χ1) is 10.2. The first-order valence-corrected chi connectivity index (χ1v) is 7.70. The van der Waals surface area contributed by atoms with Crippen molar-refractivity contribution in [2.45, 2.75) is 51.3 Å². The van der Waals surface area contributed by atoms with Crippen LogP contribution >= 0.6 is 0 Å². The quantitative estimate of drug-likeness (QED) is 0.623. The third-order valence-electron chi connectivity index (χ3n) is 4.25. The number of nitrogens with zero attached hydrogens (tertiary/aromatic N) is 4. The Hall–Kier alpha value is -1.63. The summed E-state index contributed by atoms with van der Waals surface area (Å²) in [5, 5.41) is 15.1. The summed E-state index contributed by atoms with van der Waals surface area (Å²) >= 11 is 0. The van der Waals surface area contributed by atoms with E-state index in [0.717, 1.165) is 56.6 Å². The molecule has 2 aliphatic rings. The molecule has 3 heterocycles. The van der Waals surface area contributed by atoms with Gasteiger partial charge in [0.05, 0.1) is 12.1 Å². The van der Waals surface area contributed by atoms with Gasteiger partial charge < -0.3 is 19.9 Å². The summed E-state index contributed by atoms with van der Waals surface area (Å²) in [4.78, 5) is 4.25. The summed E-state index contributed by atoms with van der Waals surface area (Å²) in [7, 11) is 1.78. The van der Waals surface area contributed by atoms with Crippen molar-refractivity contribution in [1.82, 2.24) is 25.4 Å². The van der Waals surface area contributed by atoms with Crippen molar-refractivity contribution in [3.05, 3.63) is 11.6 Å². The number of aryl methyl sites for hydroxylation is 1. The fourth-order valence-corrected chi connectivity index (χ4v) is 2.97. The molecule has 0 radical (unpaired) electrons. The summed E-state index contributed by atoms with van der Waals surface area (Å²) < 4.78 is 7.97. The largest absolute Gasteiger partial charge is 0.373 e. The number of rotatable bonds is 4. The van der Waals surface area contributed by atoms with Crippen molar-refractivity contribution in [3.63, 3.8) is 0 Å². The zero-order chi connectivity index (χ0) is 14.7. The highest BCUT2D eigenvalue weighted by Crippen LogP contribution is 2.23. The van der Waals surface area contributed by atoms with Crippen molar-refractivity contribution < 1.29 is 4.74 Å². The standard InChI is InChI=1S/C14H24N6O/c1-14(6-4-8-21-14)10-17-13(15-2)16-9-12-19-18-11-5-3-7-20(11)12/h3-10H2,1-2H3,(H2,15,16,17). The fraction of sp³-hybridized carbons (Fsp3) is 0.786. The van der Waals surface area contributed by atoms with E-state index in [1.54, 1.807) is 7.05 Å². The van der Waals surface area contributed by atoms with Crippen molar-refractivity contribution in [2.24, 2.45) is 4.99 Å². The van der Waals surface area contributed by atoms with Crippen LogP contribution in [0.25, 0.3) is 0 Å². The molecule has 1 atom stereocenters. The molecule has 0 spiro atoms. The third-order valence-corrected chi connectivity index (χ3v) is 4.25. The molecule has 2 N–H and O–H groups in total. The van der Waals surface area contributed by atoms with Crippen LogP contribution in [0.1, 0.15) is 37.8 Å². The molecule has 1 aromatic rings. The molecular formula is C14H24N6O. The van der Waals surface area contributed by atoms with Gasteiger partial charge in [0.15, 0.2) is 11.8 Å². The van der Waals surface area contributed by atoms with Gasteiger partial charge in [-0.25, -0.2) is 0 Å². The van der Waals surface area contributed by atoms with E-state index < -0.39 is 0 Å². The zero-order valence-electron chi connectivity index (χ0n) is 12.9. The van der Waals surface area contributed by atoms with Gasteiger partial charge in [-0.15, -0.1) is 10.2 Å². The van der Waals surface area contributed by atoms with Crippen LogP contribution in [-0.4, -0.2) is 46.5 Å². The molecule has 116 valence electrons. The van der Waals surface area contributed by atoms with Crippen molar-refractivity contribution in [2.75, 3.05) is 20.2 Å². The highest BCUT2D eigenvalue weighted by atomic mass is 16.5. The molecule has 0 aromatic carbocycles. The number of hydrogen-bond acceptors (Lipinski definition) is 4. The van der Waals surface area contributed by atoms with Crippen LogP contribution in [0, 0.1) is 0 Å². The molecule has 1 saturated heterocycles. The first kappa shape index (κ1) is 14.3. The molecule has 3 rings (SSSR count). The van der Waals surface area contributed by atoms with Gasteiger partial charge in [0.25, 0.3) is 0 Å². The normalized spacial score (nSPS) is 25.1. The zero-order valence-corrected chi connectivity index (χ0v) is 12.9. The minimum absolute atomic E-state index is 0.0757. The van der Waals surface area contributed by atoms with Gasteiger partial charge in [-0.2, -0.15) is 0 Å². The topological polar surface area (TPSA) is 76.4 Å². The molecule has 7 nitrogen and oxygen atoms in total. The predicted octanol–water partition coefficient (Wildman–Crippen LogP) is 0.458. The Kier molecular flexibility index (Phi) is 4.10. The Labute approximate surface area is 125 Å². The van der Waals surface area contributed by atoms with Gasteiger partial charge >= 0.3 is 0 Å². The van der Waals surface area contributed by atoms with E-state index in [2.05, 4.69) is 37.3 Å². The van der Waals surface area contributed by atoms with Crippen LogP contribution in [0.3, 0.4) is 0 Å². The summed E-state index contributed by atoms with van der Waals surface area (Å²) in [6.07, 6.45) is 4.43. The Bertz CT molecular complexity index is 518. The predicted molar refractivity (Wildman–Crippen MR) is 80.1 cm³/mol. The maximum atomic E-state index is 5.77. The number of fused-ring (bicyclic) bond motifs is 1. The smallest absolute Gasteiger partial charge is 0.191 e. The number of nitrogens with one attached hydrogen (secondary N) is 2. The molecule has 1 aromatic heterocycles. The first-order valence-electron chi connectivity index (χ1n) is 7.70. The summed E-state index contributed by atoms with van der Waals surface area (Å²) in [6.45, 7) is 5.44. The van der Waals surface area contributed by atoms with Crippen molar-refractivity contribution in [3.8, 4) is 0 Å². The van der Waals surface area contributed by atoms with Crippen LogP contribution in [0.4, 0.5) is 0 Å². The van der Waals surface area contributed by atoms with E-state index in [1.165, 1.54) is 6.42 Å². The Balaban J connectivity index is 1.51. The molecule has 7 heteroatoms. The second-order valence-electron chi connectivity index (χ2n) is 5.97. The van der Waals surface area contributed by atoms with E-state index in [9.17, 15) is 0 Å². The number of hydrogen-bond donors (Lipinski definition) is 2. The van der Waals surface area contributed by atoms with Gasteiger partial charge in [0, 0.05) is 33.2 Å². The van der Waals surface area contributed by atoms with Crippen LogP contribution in [0.2, 0.25) is 0 Å². The SMILES string of the molecule is CN=C(NCc1nnc2n1CCC2)NCC1(C)CCCO1. The van der Waals surface area contributed by atoms with Crippen molar-refractivity contribution >= 4 is 5.96 Å². The van der Waals surface area contributed by atoms with Gasteiger partial charge in [0.2, 0.25) is 0 Å². The lowest BCUT2D eigenvalue weighted by Crippen LogP contribution is -2.45. The van der Waals surface area contributed by atoms with Gasteiger partial charge in [-0.1, -0.05) is 0 Å². The van der Waals surface area contributed by atoms with Crippen LogP contribution in [0.15, 0.2) is 4.99 Å². The maximum absolute atomic E-state index is 5.77. The minimum atomic E-state index is -0.0757. The third kappa shape index (κ3) is 3.18. The van der Waals surface area contributed by atoms with E-state index >= 15 is 0 Å². The average Bonchev–Trinajstić information content (AvgIpc) is 3.17. The molecular weight excluding hydrogens is 268 g/mol. The van der Waals surface area contributed by atoms with E-state index in [-0.39, 0.29) is 5.60 Å². The summed E-state index contributed by atoms with van der Waals surface area (Å²) in [5.74, 6) is 2.86. The van der Waals surface area contributed by atoms with Gasteiger partial charge in [0.1, 0.15) is 5.82 Å². The van der Waals surface area contributed by atoms with E-state index in [4.69, 9.17) is 4.74 Å². The molecule has 0 bridgehead atoms. The van der Waals surface area contributed by atoms with E-state index in [1.807, 2.05) is 0 Å². The molecule has 0 amide bonds. The molecule has 21 heavy (non-hydrogen) atoms. The second-order valence-corrected chi connectivity index (χ2v) is 5.97. The molecule has 1 unspecified atom stereocenters. The molecule has 2 aliphatic heterocycles. The summed E-state index contributed by atoms with van der Waals surface area (Å²) in [6, 6.07) is 0. The Morgan fingerprint density at radius 1 is 1.38 bits per heavy atom. The minimum Gasteiger partial charge on any atom is -0.373 e. The highest BCUT2D eigenvalue weighted by molar-refractivity contribution is 5.79. The Morgan fingerprint density at radius 2 is 2.29 bits per heavy atom. The van der Waals surface area contributed by atoms with Crippen molar-refractivity contribution in [1.29, 1.82) is 0 Å². The van der Waals surface area contributed by atoms with Crippen LogP contribution < -0.4 is 10.6 Å². The Morgan fingerprint density at radius 3 is 3.05 bits per heavy atom. The van der Waals surface area contributed by atoms with Gasteiger partial charge in [-0.05, 0) is 26.2 Å². The lowest BCUT2D eigenvalue weighted by atomic mass is 10.0. The average molecular weight is 292 g/mol. The second kappa shape index (κ2) is 6.01. The lowest BCUT2D eigenvalue weighted by Gasteiger charge is -2.24. The molecule has 0 saturated carbocycles. The molecule has 1 fully saturated rings. The summed E-state index contributed by atoms with van der Waals surface area (Å²) in [5.41, 5.74) is -0.0757. The van der Waals surface area contributed by atoms with Gasteiger partial charge in [-0.3, -0.25) is 4.99 Å². The maximum Gasteiger partial charge on any atom is 0.191 e. The fourth-order valence-electron chi connectivity index (χ4n) is 2.97. The molecule has 0 aliphatic carbocycles. The lowest BCUT2D eigenvalue weighted by molar-refractivity contribution is 0.0243. The number of aromatic nitrogens is 3.